The summed E-state index contributed by atoms with van der Waals surface area (Å²) in [5, 5.41) is 13.7. The summed E-state index contributed by atoms with van der Waals surface area (Å²) in [5.41, 5.74) is 5.79. The second kappa shape index (κ2) is 8.58. The van der Waals surface area contributed by atoms with Crippen molar-refractivity contribution < 1.29 is 5.11 Å². The average Bonchev–Trinajstić information content (AvgIpc) is 2.47. The lowest BCUT2D eigenvalue weighted by Gasteiger charge is -2.25. The summed E-state index contributed by atoms with van der Waals surface area (Å²) in [5.74, 6) is 0.438. The Bertz CT molecular complexity index is 442. The number of benzene rings is 1. The molecule has 0 amide bonds. The van der Waals surface area contributed by atoms with Crippen LogP contribution in [-0.2, 0) is 5.60 Å². The Kier molecular flexibility index (Phi) is 7.45. The van der Waals surface area contributed by atoms with Gasteiger partial charge < -0.3 is 16.2 Å². The molecule has 0 saturated heterocycles. The molecule has 1 saturated carbocycles. The van der Waals surface area contributed by atoms with Crippen molar-refractivity contribution in [2.45, 2.75) is 50.7 Å². The smallest absolute Gasteiger partial charge is 0.188 e. The fraction of sp³-hybridized carbons (Fsp3) is 0.562. The van der Waals surface area contributed by atoms with E-state index in [2.05, 4.69) is 10.3 Å². The minimum Gasteiger partial charge on any atom is -0.384 e. The highest BCUT2D eigenvalue weighted by atomic mass is 127. The van der Waals surface area contributed by atoms with Crippen LogP contribution in [0, 0.1) is 0 Å². The number of nitrogens with two attached hydrogens (primary N) is 1. The van der Waals surface area contributed by atoms with Gasteiger partial charge in [0.15, 0.2) is 5.96 Å². The third kappa shape index (κ3) is 5.82. The fourth-order valence-electron chi connectivity index (χ4n) is 2.63. The molecule has 0 heterocycles. The molecule has 1 aliphatic rings. The third-order valence-electron chi connectivity index (χ3n) is 3.91. The minimum atomic E-state index is -0.986. The maximum atomic E-state index is 10.5. The molecule has 118 valence electrons. The molecule has 1 unspecified atom stereocenters. The molecule has 1 aromatic carbocycles. The molecule has 0 spiro atoms. The zero-order valence-electron chi connectivity index (χ0n) is 12.6. The van der Waals surface area contributed by atoms with Crippen LogP contribution in [0.25, 0.3) is 0 Å². The van der Waals surface area contributed by atoms with Crippen molar-refractivity contribution in [2.24, 2.45) is 10.7 Å². The molecule has 0 aromatic heterocycles. The number of aliphatic imine (C=N–C) groups is 1. The standard InChI is InChI=1S/C16H25N3O.HI/c1-16(20,13-8-4-2-5-9-13)12-18-15(17)19-14-10-6-3-7-11-14;/h2,4-5,8-9,14,20H,3,6-7,10-12H2,1H3,(H3,17,18,19);1H. The molecule has 1 atom stereocenters. The summed E-state index contributed by atoms with van der Waals surface area (Å²) in [6, 6.07) is 10.0. The second-order valence-corrected chi connectivity index (χ2v) is 5.82. The maximum absolute atomic E-state index is 10.5. The van der Waals surface area contributed by atoms with Gasteiger partial charge in [0.05, 0.1) is 6.54 Å². The van der Waals surface area contributed by atoms with Crippen LogP contribution < -0.4 is 11.1 Å². The van der Waals surface area contributed by atoms with Crippen molar-refractivity contribution >= 4 is 29.9 Å². The maximum Gasteiger partial charge on any atom is 0.188 e. The van der Waals surface area contributed by atoms with E-state index in [4.69, 9.17) is 5.73 Å². The minimum absolute atomic E-state index is 0. The molecular formula is C16H26IN3O. The largest absolute Gasteiger partial charge is 0.384 e. The number of rotatable bonds is 4. The summed E-state index contributed by atoms with van der Waals surface area (Å²) in [4.78, 5) is 4.30. The van der Waals surface area contributed by atoms with Crippen molar-refractivity contribution in [3.8, 4) is 0 Å². The number of nitrogens with zero attached hydrogens (tertiary/aromatic N) is 1. The van der Waals surface area contributed by atoms with Crippen LogP contribution in [0.3, 0.4) is 0 Å². The van der Waals surface area contributed by atoms with Gasteiger partial charge in [-0.3, -0.25) is 4.99 Å². The number of halogens is 1. The Hall–Kier alpha value is -0.820. The van der Waals surface area contributed by atoms with E-state index >= 15 is 0 Å². The lowest BCUT2D eigenvalue weighted by atomic mass is 9.95. The molecule has 4 nitrogen and oxygen atoms in total. The summed E-state index contributed by atoms with van der Waals surface area (Å²) < 4.78 is 0. The highest BCUT2D eigenvalue weighted by Gasteiger charge is 2.22. The van der Waals surface area contributed by atoms with Crippen LogP contribution >= 0.6 is 24.0 Å². The predicted molar refractivity (Wildman–Crippen MR) is 97.9 cm³/mol. The third-order valence-corrected chi connectivity index (χ3v) is 3.91. The molecule has 1 fully saturated rings. The first-order valence-electron chi connectivity index (χ1n) is 7.42. The van der Waals surface area contributed by atoms with Crippen molar-refractivity contribution in [3.63, 3.8) is 0 Å². The first kappa shape index (κ1) is 18.2. The topological polar surface area (TPSA) is 70.6 Å². The Labute approximate surface area is 144 Å². The van der Waals surface area contributed by atoms with Gasteiger partial charge in [-0.2, -0.15) is 0 Å². The Morgan fingerprint density at radius 1 is 1.29 bits per heavy atom. The Balaban J connectivity index is 0.00000220. The van der Waals surface area contributed by atoms with Gasteiger partial charge in [-0.15, -0.1) is 24.0 Å². The van der Waals surface area contributed by atoms with E-state index in [0.29, 0.717) is 12.0 Å². The van der Waals surface area contributed by atoms with Gasteiger partial charge in [-0.05, 0) is 25.3 Å². The number of hydrogen-bond acceptors (Lipinski definition) is 2. The van der Waals surface area contributed by atoms with Crippen LogP contribution in [0.15, 0.2) is 35.3 Å². The van der Waals surface area contributed by atoms with E-state index in [1.807, 2.05) is 30.3 Å². The van der Waals surface area contributed by atoms with E-state index in [1.165, 1.54) is 19.3 Å². The molecular weight excluding hydrogens is 377 g/mol. The SMILES string of the molecule is CC(O)(CN=C(N)NC1CCCCC1)c1ccccc1.I. The van der Waals surface area contributed by atoms with Crippen molar-refractivity contribution in [1.29, 1.82) is 0 Å². The Morgan fingerprint density at radius 3 is 2.52 bits per heavy atom. The molecule has 4 N–H and O–H groups in total. The highest BCUT2D eigenvalue weighted by Crippen LogP contribution is 2.20. The Morgan fingerprint density at radius 2 is 1.90 bits per heavy atom. The van der Waals surface area contributed by atoms with E-state index in [9.17, 15) is 5.11 Å². The van der Waals surface area contributed by atoms with Gasteiger partial charge in [0.2, 0.25) is 0 Å². The monoisotopic (exact) mass is 403 g/mol. The zero-order chi connectivity index (χ0) is 14.4. The van der Waals surface area contributed by atoms with E-state index in [-0.39, 0.29) is 30.5 Å². The van der Waals surface area contributed by atoms with Crippen molar-refractivity contribution in [3.05, 3.63) is 35.9 Å². The van der Waals surface area contributed by atoms with Gasteiger partial charge >= 0.3 is 0 Å². The lowest BCUT2D eigenvalue weighted by Crippen LogP contribution is -2.42. The van der Waals surface area contributed by atoms with Crippen LogP contribution in [0.2, 0.25) is 0 Å². The molecule has 0 aliphatic heterocycles. The average molecular weight is 403 g/mol. The van der Waals surface area contributed by atoms with Crippen LogP contribution in [0.4, 0.5) is 0 Å². The summed E-state index contributed by atoms with van der Waals surface area (Å²) >= 11 is 0. The van der Waals surface area contributed by atoms with Gasteiger partial charge in [-0.1, -0.05) is 49.6 Å². The van der Waals surface area contributed by atoms with E-state index < -0.39 is 5.60 Å². The number of guanidine groups is 1. The van der Waals surface area contributed by atoms with Crippen LogP contribution in [-0.4, -0.2) is 23.7 Å². The molecule has 1 aromatic rings. The second-order valence-electron chi connectivity index (χ2n) is 5.82. The van der Waals surface area contributed by atoms with Crippen molar-refractivity contribution in [2.75, 3.05) is 6.54 Å². The van der Waals surface area contributed by atoms with Gasteiger partial charge in [0, 0.05) is 6.04 Å². The molecule has 0 radical (unpaired) electrons. The number of hydrogen-bond donors (Lipinski definition) is 3. The van der Waals surface area contributed by atoms with E-state index in [1.54, 1.807) is 6.92 Å². The summed E-state index contributed by atoms with van der Waals surface area (Å²) in [6.07, 6.45) is 6.15. The molecule has 2 rings (SSSR count). The summed E-state index contributed by atoms with van der Waals surface area (Å²) in [6.45, 7) is 2.03. The molecule has 1 aliphatic carbocycles. The molecule has 0 bridgehead atoms. The van der Waals surface area contributed by atoms with Gasteiger partial charge in [0.1, 0.15) is 5.60 Å². The van der Waals surface area contributed by atoms with E-state index in [0.717, 1.165) is 18.4 Å². The van der Waals surface area contributed by atoms with Crippen molar-refractivity contribution in [1.82, 2.24) is 5.32 Å². The van der Waals surface area contributed by atoms with Crippen LogP contribution in [0.1, 0.15) is 44.6 Å². The first-order valence-corrected chi connectivity index (χ1v) is 7.42. The number of aliphatic hydroxyl groups is 1. The fourth-order valence-corrected chi connectivity index (χ4v) is 2.63. The zero-order valence-corrected chi connectivity index (χ0v) is 14.9. The van der Waals surface area contributed by atoms with Crippen LogP contribution in [0.5, 0.6) is 0 Å². The molecule has 21 heavy (non-hydrogen) atoms. The number of nitrogens with one attached hydrogen (secondary N) is 1. The van der Waals surface area contributed by atoms with Gasteiger partial charge in [-0.25, -0.2) is 0 Å². The quantitative estimate of drug-likeness (QED) is 0.411. The molecule has 5 heteroatoms. The summed E-state index contributed by atoms with van der Waals surface area (Å²) in [7, 11) is 0. The van der Waals surface area contributed by atoms with Gasteiger partial charge in [0.25, 0.3) is 0 Å². The predicted octanol–water partition coefficient (Wildman–Crippen LogP) is 2.75. The highest BCUT2D eigenvalue weighted by molar-refractivity contribution is 14.0. The lowest BCUT2D eigenvalue weighted by molar-refractivity contribution is 0.0673. The normalized spacial score (nSPS) is 19.4. The first-order chi connectivity index (χ1) is 9.58.